The number of nitrogens with two attached hydrogens (primary N) is 1. The van der Waals surface area contributed by atoms with Gasteiger partial charge in [-0.2, -0.15) is 0 Å². The van der Waals surface area contributed by atoms with Gasteiger partial charge in [-0.25, -0.2) is 0 Å². The zero-order valence-corrected chi connectivity index (χ0v) is 13.7. The van der Waals surface area contributed by atoms with E-state index in [-0.39, 0.29) is 5.92 Å². The molecule has 1 saturated heterocycles. The van der Waals surface area contributed by atoms with Crippen LogP contribution in [0.3, 0.4) is 0 Å². The van der Waals surface area contributed by atoms with Crippen LogP contribution in [0.5, 0.6) is 0 Å². The first-order chi connectivity index (χ1) is 10.7. The van der Waals surface area contributed by atoms with Crippen molar-refractivity contribution in [1.82, 2.24) is 10.2 Å². The number of hydrogen-bond acceptors (Lipinski definition) is 3. The normalized spacial score (nSPS) is 42.3. The molecule has 4 fully saturated rings. The molecule has 4 nitrogen and oxygen atoms in total. The minimum Gasteiger partial charge on any atom is -0.356 e. The Balaban J connectivity index is 1.24. The highest BCUT2D eigenvalue weighted by Crippen LogP contribution is 2.42. The van der Waals surface area contributed by atoms with E-state index in [1.807, 2.05) is 0 Å². The molecular formula is C18H31N3O. The number of carbonyl (C=O) groups excluding carboxylic acids is 1. The summed E-state index contributed by atoms with van der Waals surface area (Å²) in [5.41, 5.74) is 6.33. The van der Waals surface area contributed by atoms with Gasteiger partial charge in [-0.05, 0) is 69.2 Å². The van der Waals surface area contributed by atoms with Crippen molar-refractivity contribution in [3.8, 4) is 0 Å². The number of rotatable bonds is 4. The minimum absolute atomic E-state index is 0.232. The topological polar surface area (TPSA) is 58.4 Å². The van der Waals surface area contributed by atoms with E-state index < -0.39 is 0 Å². The van der Waals surface area contributed by atoms with Crippen LogP contribution < -0.4 is 11.1 Å². The Labute approximate surface area is 134 Å². The Bertz CT molecular complexity index is 409. The highest BCUT2D eigenvalue weighted by molar-refractivity contribution is 5.78. The van der Waals surface area contributed by atoms with Crippen LogP contribution in [0, 0.1) is 23.7 Å². The van der Waals surface area contributed by atoms with Crippen molar-refractivity contribution in [3.63, 3.8) is 0 Å². The molecule has 1 heterocycles. The number of hydrogen-bond donors (Lipinski definition) is 2. The summed E-state index contributed by atoms with van der Waals surface area (Å²) < 4.78 is 0. The molecule has 3 atom stereocenters. The van der Waals surface area contributed by atoms with E-state index in [4.69, 9.17) is 5.73 Å². The second-order valence-electron chi connectivity index (χ2n) is 8.32. The summed E-state index contributed by atoms with van der Waals surface area (Å²) in [4.78, 5) is 15.2. The van der Waals surface area contributed by atoms with Crippen LogP contribution in [0.25, 0.3) is 0 Å². The lowest BCUT2D eigenvalue weighted by Crippen LogP contribution is -2.49. The van der Waals surface area contributed by atoms with Crippen LogP contribution in [-0.2, 0) is 4.79 Å². The maximum Gasteiger partial charge on any atom is 0.223 e. The number of likely N-dealkylation sites (tertiary alicyclic amines) is 1. The third-order valence-electron chi connectivity index (χ3n) is 6.73. The van der Waals surface area contributed by atoms with Gasteiger partial charge in [0.05, 0.1) is 0 Å². The number of amides is 1. The summed E-state index contributed by atoms with van der Waals surface area (Å²) in [7, 11) is 0. The second-order valence-corrected chi connectivity index (χ2v) is 8.32. The zero-order chi connectivity index (χ0) is 15.1. The first-order valence-corrected chi connectivity index (χ1v) is 9.48. The molecule has 0 aromatic heterocycles. The van der Waals surface area contributed by atoms with Crippen molar-refractivity contribution in [2.75, 3.05) is 19.6 Å². The fourth-order valence-electron chi connectivity index (χ4n) is 5.19. The van der Waals surface area contributed by atoms with Gasteiger partial charge in [-0.1, -0.05) is 6.42 Å². The van der Waals surface area contributed by atoms with E-state index in [1.165, 1.54) is 51.6 Å². The van der Waals surface area contributed by atoms with Crippen molar-refractivity contribution < 1.29 is 4.79 Å². The maximum absolute atomic E-state index is 12.6. The number of fused-ring (bicyclic) bond motifs is 2. The van der Waals surface area contributed by atoms with Gasteiger partial charge in [0, 0.05) is 31.1 Å². The number of carbonyl (C=O) groups is 1. The predicted octanol–water partition coefficient (Wildman–Crippen LogP) is 1.74. The predicted molar refractivity (Wildman–Crippen MR) is 87.2 cm³/mol. The second kappa shape index (κ2) is 6.12. The van der Waals surface area contributed by atoms with Crippen molar-refractivity contribution in [3.05, 3.63) is 0 Å². The molecular weight excluding hydrogens is 274 g/mol. The summed E-state index contributed by atoms with van der Waals surface area (Å²) in [6, 6.07) is 1.24. The van der Waals surface area contributed by atoms with Crippen molar-refractivity contribution in [1.29, 1.82) is 0 Å². The highest BCUT2D eigenvalue weighted by Gasteiger charge is 2.40. The molecule has 3 saturated carbocycles. The Morgan fingerprint density at radius 1 is 1.09 bits per heavy atom. The molecule has 2 bridgehead atoms. The maximum atomic E-state index is 12.6. The fourth-order valence-corrected chi connectivity index (χ4v) is 5.19. The Morgan fingerprint density at radius 3 is 2.50 bits per heavy atom. The van der Waals surface area contributed by atoms with E-state index in [1.54, 1.807) is 0 Å². The number of nitrogens with one attached hydrogen (secondary N) is 1. The minimum atomic E-state index is 0.232. The SMILES string of the molecule is NC1C2CCCC1CC(C(=O)NCC1CCN(C3CC3)C1)C2. The first kappa shape index (κ1) is 14.9. The summed E-state index contributed by atoms with van der Waals surface area (Å²) in [6.45, 7) is 3.33. The van der Waals surface area contributed by atoms with Gasteiger partial charge in [0.1, 0.15) is 0 Å². The molecule has 3 aliphatic carbocycles. The van der Waals surface area contributed by atoms with Crippen LogP contribution in [0.1, 0.15) is 51.4 Å². The standard InChI is InChI=1S/C18H31N3O/c19-17-13-2-1-3-14(17)9-15(8-13)18(22)20-10-12-6-7-21(11-12)16-4-5-16/h12-17H,1-11,19H2,(H,20,22). The quantitative estimate of drug-likeness (QED) is 0.832. The number of nitrogens with zero attached hydrogens (tertiary/aromatic N) is 1. The smallest absolute Gasteiger partial charge is 0.223 e. The molecule has 4 rings (SSSR count). The van der Waals surface area contributed by atoms with Gasteiger partial charge in [-0.3, -0.25) is 4.79 Å². The van der Waals surface area contributed by atoms with Crippen LogP contribution in [0.4, 0.5) is 0 Å². The largest absolute Gasteiger partial charge is 0.356 e. The summed E-state index contributed by atoms with van der Waals surface area (Å²) in [5, 5.41) is 3.27. The Hall–Kier alpha value is -0.610. The lowest BCUT2D eigenvalue weighted by atomic mass is 9.65. The molecule has 1 amide bonds. The molecule has 0 aromatic carbocycles. The average molecular weight is 305 g/mol. The summed E-state index contributed by atoms with van der Waals surface area (Å²) in [5.74, 6) is 2.42. The first-order valence-electron chi connectivity index (χ1n) is 9.48. The van der Waals surface area contributed by atoms with E-state index in [2.05, 4.69) is 10.2 Å². The van der Waals surface area contributed by atoms with E-state index in [0.29, 0.717) is 29.7 Å². The fraction of sp³-hybridized carbons (Fsp3) is 0.944. The van der Waals surface area contributed by atoms with Crippen molar-refractivity contribution in [2.45, 2.75) is 63.5 Å². The molecule has 1 aliphatic heterocycles. The average Bonchev–Trinajstić information content (AvgIpc) is 3.23. The summed E-state index contributed by atoms with van der Waals surface area (Å²) >= 11 is 0. The van der Waals surface area contributed by atoms with Crippen molar-refractivity contribution >= 4 is 5.91 Å². The highest BCUT2D eigenvalue weighted by atomic mass is 16.1. The van der Waals surface area contributed by atoms with Crippen LogP contribution in [0.2, 0.25) is 0 Å². The van der Waals surface area contributed by atoms with Gasteiger partial charge in [0.15, 0.2) is 0 Å². The Morgan fingerprint density at radius 2 is 1.82 bits per heavy atom. The third kappa shape index (κ3) is 3.05. The molecule has 4 aliphatic rings. The van der Waals surface area contributed by atoms with Gasteiger partial charge in [-0.15, -0.1) is 0 Å². The van der Waals surface area contributed by atoms with Gasteiger partial charge < -0.3 is 16.0 Å². The zero-order valence-electron chi connectivity index (χ0n) is 13.7. The van der Waals surface area contributed by atoms with Crippen LogP contribution in [0.15, 0.2) is 0 Å². The van der Waals surface area contributed by atoms with Crippen LogP contribution >= 0.6 is 0 Å². The van der Waals surface area contributed by atoms with Gasteiger partial charge in [0.25, 0.3) is 0 Å². The molecule has 3 N–H and O–H groups in total. The molecule has 0 spiro atoms. The molecule has 0 radical (unpaired) electrons. The van der Waals surface area contributed by atoms with E-state index in [0.717, 1.165) is 25.4 Å². The third-order valence-corrected chi connectivity index (χ3v) is 6.73. The lowest BCUT2D eigenvalue weighted by molar-refractivity contribution is -0.128. The lowest BCUT2D eigenvalue weighted by Gasteiger charge is -2.43. The van der Waals surface area contributed by atoms with Crippen molar-refractivity contribution in [2.24, 2.45) is 29.4 Å². The summed E-state index contributed by atoms with van der Waals surface area (Å²) in [6.07, 6.45) is 9.90. The molecule has 4 heteroatoms. The van der Waals surface area contributed by atoms with Crippen LogP contribution in [-0.4, -0.2) is 42.5 Å². The molecule has 22 heavy (non-hydrogen) atoms. The van der Waals surface area contributed by atoms with Gasteiger partial charge >= 0.3 is 0 Å². The molecule has 3 unspecified atom stereocenters. The van der Waals surface area contributed by atoms with Gasteiger partial charge in [0.2, 0.25) is 5.91 Å². The monoisotopic (exact) mass is 305 g/mol. The van der Waals surface area contributed by atoms with E-state index in [9.17, 15) is 4.79 Å². The Kier molecular flexibility index (Phi) is 4.16. The molecule has 124 valence electrons. The van der Waals surface area contributed by atoms with E-state index >= 15 is 0 Å². The molecule has 0 aromatic rings.